The number of hydrogen-bond acceptors (Lipinski definition) is 2. The van der Waals surface area contributed by atoms with Crippen LogP contribution in [0.25, 0.3) is 10.8 Å². The lowest BCUT2D eigenvalue weighted by Gasteiger charge is -2.10. The molecule has 0 amide bonds. The number of sulfone groups is 1. The minimum atomic E-state index is -3.34. The van der Waals surface area contributed by atoms with Crippen molar-refractivity contribution in [1.29, 1.82) is 0 Å². The zero-order valence-electron chi connectivity index (χ0n) is 12.8. The molecular weight excluding hydrogens is 311 g/mol. The minimum Gasteiger partial charge on any atom is -0.228 e. The van der Waals surface area contributed by atoms with Crippen molar-refractivity contribution in [3.05, 3.63) is 83.2 Å². The topological polar surface area (TPSA) is 34.1 Å². The van der Waals surface area contributed by atoms with Gasteiger partial charge in [-0.05, 0) is 46.5 Å². The van der Waals surface area contributed by atoms with Crippen molar-refractivity contribution in [3.63, 3.8) is 0 Å². The Hall–Kier alpha value is -2.20. The van der Waals surface area contributed by atoms with E-state index < -0.39 is 9.84 Å². The average Bonchev–Trinajstić information content (AvgIpc) is 2.50. The molecule has 3 rings (SSSR count). The van der Waals surface area contributed by atoms with Crippen molar-refractivity contribution in [2.45, 2.75) is 18.4 Å². The van der Waals surface area contributed by atoms with Crippen LogP contribution in [0.2, 0.25) is 0 Å². The Balaban J connectivity index is 1.91. The molecule has 0 saturated carbocycles. The summed E-state index contributed by atoms with van der Waals surface area (Å²) >= 11 is 0. The third kappa shape index (κ3) is 3.59. The first-order valence-electron chi connectivity index (χ1n) is 7.37. The molecule has 118 valence electrons. The lowest BCUT2D eigenvalue weighted by molar-refractivity contribution is 0.594. The standard InChI is InChI=1S/C19H17FO2S/c1-14-11-18(20)10-9-16(14)12-23(21,22)13-17-7-4-6-15-5-2-3-8-19(15)17/h2-11H,12-13H2,1H3. The van der Waals surface area contributed by atoms with Gasteiger partial charge in [0.2, 0.25) is 0 Å². The molecule has 0 aliphatic carbocycles. The summed E-state index contributed by atoms with van der Waals surface area (Å²) in [6.07, 6.45) is 0. The second-order valence-corrected chi connectivity index (χ2v) is 7.81. The van der Waals surface area contributed by atoms with Crippen LogP contribution >= 0.6 is 0 Å². The molecule has 0 aromatic heterocycles. The van der Waals surface area contributed by atoms with E-state index in [1.54, 1.807) is 13.0 Å². The molecule has 3 aromatic carbocycles. The maximum atomic E-state index is 13.2. The van der Waals surface area contributed by atoms with Crippen LogP contribution in [0.1, 0.15) is 16.7 Å². The third-order valence-corrected chi connectivity index (χ3v) is 5.44. The van der Waals surface area contributed by atoms with E-state index in [1.807, 2.05) is 42.5 Å². The number of halogens is 1. The molecule has 0 saturated heterocycles. The molecule has 4 heteroatoms. The Morgan fingerprint density at radius 1 is 0.870 bits per heavy atom. The Bertz CT molecular complexity index is 957. The predicted octanol–water partition coefficient (Wildman–Crippen LogP) is 4.40. The molecule has 0 bridgehead atoms. The zero-order chi connectivity index (χ0) is 16.4. The van der Waals surface area contributed by atoms with Gasteiger partial charge < -0.3 is 0 Å². The third-order valence-electron chi connectivity index (χ3n) is 3.94. The van der Waals surface area contributed by atoms with Crippen LogP contribution in [0.15, 0.2) is 60.7 Å². The fourth-order valence-corrected chi connectivity index (χ4v) is 4.39. The van der Waals surface area contributed by atoms with Crippen LogP contribution in [-0.2, 0) is 21.3 Å². The van der Waals surface area contributed by atoms with Gasteiger partial charge in [-0.1, -0.05) is 48.5 Å². The highest BCUT2D eigenvalue weighted by Gasteiger charge is 2.16. The van der Waals surface area contributed by atoms with Gasteiger partial charge in [-0.15, -0.1) is 0 Å². The number of rotatable bonds is 4. The fraction of sp³-hybridized carbons (Fsp3) is 0.158. The molecule has 0 aliphatic heterocycles. The highest BCUT2D eigenvalue weighted by atomic mass is 32.2. The van der Waals surface area contributed by atoms with Gasteiger partial charge in [-0.25, -0.2) is 12.8 Å². The first-order chi connectivity index (χ1) is 10.9. The first-order valence-corrected chi connectivity index (χ1v) is 9.19. The first kappa shape index (κ1) is 15.7. The molecular formula is C19H17FO2S. The second-order valence-electron chi connectivity index (χ2n) is 5.74. The Labute approximate surface area is 135 Å². The SMILES string of the molecule is Cc1cc(F)ccc1CS(=O)(=O)Cc1cccc2ccccc12. The van der Waals surface area contributed by atoms with Gasteiger partial charge in [0.25, 0.3) is 0 Å². The number of benzene rings is 3. The summed E-state index contributed by atoms with van der Waals surface area (Å²) in [5, 5.41) is 1.98. The van der Waals surface area contributed by atoms with Crippen molar-refractivity contribution in [2.24, 2.45) is 0 Å². The van der Waals surface area contributed by atoms with Gasteiger partial charge in [0.05, 0.1) is 11.5 Å². The molecule has 0 heterocycles. The van der Waals surface area contributed by atoms with Crippen LogP contribution in [-0.4, -0.2) is 8.42 Å². The van der Waals surface area contributed by atoms with Crippen LogP contribution in [0.5, 0.6) is 0 Å². The lowest BCUT2D eigenvalue weighted by Crippen LogP contribution is -2.09. The van der Waals surface area contributed by atoms with E-state index in [0.29, 0.717) is 11.1 Å². The summed E-state index contributed by atoms with van der Waals surface area (Å²) in [7, 11) is -3.34. The summed E-state index contributed by atoms with van der Waals surface area (Å²) in [6, 6.07) is 17.6. The lowest BCUT2D eigenvalue weighted by atomic mass is 10.1. The van der Waals surface area contributed by atoms with E-state index in [2.05, 4.69) is 0 Å². The van der Waals surface area contributed by atoms with Crippen LogP contribution in [0, 0.1) is 12.7 Å². The van der Waals surface area contributed by atoms with Gasteiger partial charge in [-0.2, -0.15) is 0 Å². The van der Waals surface area contributed by atoms with Crippen LogP contribution in [0.3, 0.4) is 0 Å². The fourth-order valence-electron chi connectivity index (χ4n) is 2.76. The monoisotopic (exact) mass is 328 g/mol. The Morgan fingerprint density at radius 2 is 1.57 bits per heavy atom. The molecule has 0 atom stereocenters. The van der Waals surface area contributed by atoms with Crippen molar-refractivity contribution in [2.75, 3.05) is 0 Å². The summed E-state index contributed by atoms with van der Waals surface area (Å²) < 4.78 is 38.3. The van der Waals surface area contributed by atoms with E-state index in [1.165, 1.54) is 12.1 Å². The van der Waals surface area contributed by atoms with E-state index in [9.17, 15) is 12.8 Å². The summed E-state index contributed by atoms with van der Waals surface area (Å²) in [4.78, 5) is 0. The molecule has 23 heavy (non-hydrogen) atoms. The average molecular weight is 328 g/mol. The maximum absolute atomic E-state index is 13.2. The van der Waals surface area contributed by atoms with E-state index in [4.69, 9.17) is 0 Å². The normalized spacial score (nSPS) is 11.7. The molecule has 0 unspecified atom stereocenters. The Kier molecular flexibility index (Phi) is 4.18. The summed E-state index contributed by atoms with van der Waals surface area (Å²) in [5.74, 6) is -0.453. The summed E-state index contributed by atoms with van der Waals surface area (Å²) in [5.41, 5.74) is 2.10. The van der Waals surface area contributed by atoms with E-state index in [0.717, 1.165) is 16.3 Å². The van der Waals surface area contributed by atoms with Crippen molar-refractivity contribution < 1.29 is 12.8 Å². The van der Waals surface area contributed by atoms with Crippen molar-refractivity contribution >= 4 is 20.6 Å². The molecule has 0 spiro atoms. The highest BCUT2D eigenvalue weighted by molar-refractivity contribution is 7.89. The Morgan fingerprint density at radius 3 is 2.35 bits per heavy atom. The predicted molar refractivity (Wildman–Crippen MR) is 91.4 cm³/mol. The quantitative estimate of drug-likeness (QED) is 0.711. The molecule has 2 nitrogen and oxygen atoms in total. The summed E-state index contributed by atoms with van der Waals surface area (Å²) in [6.45, 7) is 1.73. The number of hydrogen-bond donors (Lipinski definition) is 0. The maximum Gasteiger partial charge on any atom is 0.158 e. The number of fused-ring (bicyclic) bond motifs is 1. The van der Waals surface area contributed by atoms with Gasteiger partial charge in [0.1, 0.15) is 5.82 Å². The van der Waals surface area contributed by atoms with Crippen LogP contribution in [0.4, 0.5) is 4.39 Å². The molecule has 0 aliphatic rings. The van der Waals surface area contributed by atoms with Gasteiger partial charge in [-0.3, -0.25) is 0 Å². The van der Waals surface area contributed by atoms with Crippen molar-refractivity contribution in [3.8, 4) is 0 Å². The molecule has 0 radical (unpaired) electrons. The molecule has 3 aromatic rings. The van der Waals surface area contributed by atoms with E-state index >= 15 is 0 Å². The second kappa shape index (κ2) is 6.13. The van der Waals surface area contributed by atoms with Gasteiger partial charge in [0.15, 0.2) is 9.84 Å². The van der Waals surface area contributed by atoms with Gasteiger partial charge in [0, 0.05) is 0 Å². The minimum absolute atomic E-state index is 0.0226. The largest absolute Gasteiger partial charge is 0.228 e. The van der Waals surface area contributed by atoms with Crippen LogP contribution < -0.4 is 0 Å². The smallest absolute Gasteiger partial charge is 0.158 e. The zero-order valence-corrected chi connectivity index (χ0v) is 13.6. The highest BCUT2D eigenvalue weighted by Crippen LogP contribution is 2.22. The van der Waals surface area contributed by atoms with E-state index in [-0.39, 0.29) is 17.3 Å². The van der Waals surface area contributed by atoms with Gasteiger partial charge >= 0.3 is 0 Å². The molecule has 0 N–H and O–H groups in total. The molecule has 0 fully saturated rings. The number of aryl methyl sites for hydroxylation is 1. The van der Waals surface area contributed by atoms with Crippen molar-refractivity contribution in [1.82, 2.24) is 0 Å².